The number of carbonyl (C=O) groups is 1. The first kappa shape index (κ1) is 18.7. The predicted molar refractivity (Wildman–Crippen MR) is 95.5 cm³/mol. The van der Waals surface area contributed by atoms with Crippen molar-refractivity contribution in [2.45, 2.75) is 31.6 Å². The number of rotatable bonds is 7. The van der Waals surface area contributed by atoms with Crippen LogP contribution in [-0.2, 0) is 15.9 Å². The molecule has 1 aromatic carbocycles. The molecule has 0 unspecified atom stereocenters. The van der Waals surface area contributed by atoms with Crippen LogP contribution < -0.4 is 10.6 Å². The normalized spacial score (nSPS) is 16.4. The molecule has 1 aliphatic rings. The second-order valence-corrected chi connectivity index (χ2v) is 6.28. The van der Waals surface area contributed by atoms with E-state index in [-0.39, 0.29) is 12.2 Å². The van der Waals surface area contributed by atoms with Crippen LogP contribution in [0.4, 0.5) is 5.69 Å². The Labute approximate surface area is 144 Å². The lowest BCUT2D eigenvalue weighted by atomic mass is 10.0. The Morgan fingerprint density at radius 2 is 1.96 bits per heavy atom. The zero-order chi connectivity index (χ0) is 17.5. The fourth-order valence-corrected chi connectivity index (χ4v) is 2.99. The van der Waals surface area contributed by atoms with Crippen LogP contribution in [0.1, 0.15) is 28.8 Å². The van der Waals surface area contributed by atoms with Gasteiger partial charge in [0.2, 0.25) is 0 Å². The van der Waals surface area contributed by atoms with Crippen LogP contribution in [0.2, 0.25) is 0 Å². The van der Waals surface area contributed by atoms with Gasteiger partial charge in [-0.05, 0) is 50.7 Å². The summed E-state index contributed by atoms with van der Waals surface area (Å²) in [7, 11) is 7.07. The molecule has 0 aliphatic carbocycles. The first-order chi connectivity index (χ1) is 11.6. The number of hydrogen-bond acceptors (Lipinski definition) is 5. The van der Waals surface area contributed by atoms with Crippen molar-refractivity contribution < 1.29 is 14.3 Å². The number of methoxy groups -OCH3 is 2. The van der Waals surface area contributed by atoms with Crippen LogP contribution in [-0.4, -0.2) is 64.5 Å². The number of hydrogen-bond donors (Lipinski definition) is 2. The molecular weight excluding hydrogens is 306 g/mol. The molecule has 0 aromatic heterocycles. The minimum atomic E-state index is -0.297. The van der Waals surface area contributed by atoms with E-state index in [4.69, 9.17) is 9.47 Å². The van der Waals surface area contributed by atoms with E-state index in [1.54, 1.807) is 21.3 Å². The van der Waals surface area contributed by atoms with Gasteiger partial charge >= 0.3 is 0 Å². The van der Waals surface area contributed by atoms with E-state index in [2.05, 4.69) is 22.6 Å². The molecule has 1 amide bonds. The van der Waals surface area contributed by atoms with Crippen LogP contribution in [0.5, 0.6) is 0 Å². The summed E-state index contributed by atoms with van der Waals surface area (Å²) >= 11 is 0. The molecule has 1 saturated heterocycles. The van der Waals surface area contributed by atoms with Crippen LogP contribution in [0.15, 0.2) is 18.2 Å². The predicted octanol–water partition coefficient (Wildman–Crippen LogP) is 1.71. The Morgan fingerprint density at radius 1 is 1.29 bits per heavy atom. The molecule has 0 spiro atoms. The number of nitrogens with zero attached hydrogens (tertiary/aromatic N) is 1. The highest BCUT2D eigenvalue weighted by Gasteiger charge is 2.19. The molecule has 1 aromatic rings. The number of carbonyl (C=O) groups excluding carboxylic acids is 1. The lowest BCUT2D eigenvalue weighted by Gasteiger charge is -2.31. The van der Waals surface area contributed by atoms with Gasteiger partial charge in [-0.1, -0.05) is 6.07 Å². The van der Waals surface area contributed by atoms with Crippen LogP contribution in [0, 0.1) is 0 Å². The van der Waals surface area contributed by atoms with Gasteiger partial charge in [-0.25, -0.2) is 0 Å². The smallest absolute Gasteiger partial charge is 0.251 e. The average molecular weight is 335 g/mol. The average Bonchev–Trinajstić information content (AvgIpc) is 2.61. The molecule has 1 aliphatic heterocycles. The van der Waals surface area contributed by atoms with E-state index in [9.17, 15) is 4.79 Å². The van der Waals surface area contributed by atoms with Crippen LogP contribution >= 0.6 is 0 Å². The van der Waals surface area contributed by atoms with Crippen LogP contribution in [0.3, 0.4) is 0 Å². The molecule has 6 heteroatoms. The van der Waals surface area contributed by atoms with Crippen molar-refractivity contribution in [2.24, 2.45) is 0 Å². The molecule has 1 heterocycles. The SMILES string of the molecule is CNC(=O)c1ccc(CC(OC)OC)c(NC2CCN(C)CC2)c1. The summed E-state index contributed by atoms with van der Waals surface area (Å²) < 4.78 is 10.7. The van der Waals surface area contributed by atoms with E-state index >= 15 is 0 Å². The van der Waals surface area contributed by atoms with Gasteiger partial charge in [0.25, 0.3) is 5.91 Å². The number of ether oxygens (including phenoxy) is 2. The molecule has 0 saturated carbocycles. The van der Waals surface area contributed by atoms with E-state index in [1.807, 2.05) is 18.2 Å². The monoisotopic (exact) mass is 335 g/mol. The molecule has 24 heavy (non-hydrogen) atoms. The molecule has 0 atom stereocenters. The van der Waals surface area contributed by atoms with Gasteiger partial charge in [-0.15, -0.1) is 0 Å². The molecule has 6 nitrogen and oxygen atoms in total. The van der Waals surface area contributed by atoms with Crippen molar-refractivity contribution in [2.75, 3.05) is 46.7 Å². The number of nitrogens with one attached hydrogen (secondary N) is 2. The number of likely N-dealkylation sites (tertiary alicyclic amines) is 1. The Balaban J connectivity index is 2.20. The zero-order valence-electron chi connectivity index (χ0n) is 15.1. The third kappa shape index (κ3) is 4.93. The van der Waals surface area contributed by atoms with Gasteiger partial charge < -0.3 is 25.0 Å². The van der Waals surface area contributed by atoms with Gasteiger partial charge in [0, 0.05) is 45.0 Å². The highest BCUT2D eigenvalue weighted by Crippen LogP contribution is 2.24. The van der Waals surface area contributed by atoms with Gasteiger partial charge in [0.1, 0.15) is 0 Å². The van der Waals surface area contributed by atoms with Crippen molar-refractivity contribution in [3.63, 3.8) is 0 Å². The highest BCUT2D eigenvalue weighted by molar-refractivity contribution is 5.95. The minimum absolute atomic E-state index is 0.0805. The summed E-state index contributed by atoms with van der Waals surface area (Å²) in [5, 5.41) is 6.30. The number of benzene rings is 1. The third-order valence-electron chi connectivity index (χ3n) is 4.59. The summed E-state index contributed by atoms with van der Waals surface area (Å²) in [6.45, 7) is 2.17. The van der Waals surface area contributed by atoms with Crippen molar-refractivity contribution >= 4 is 11.6 Å². The Bertz CT molecular complexity index is 538. The Kier molecular flexibility index (Phi) is 7.02. The molecule has 0 radical (unpaired) electrons. The first-order valence-corrected chi connectivity index (χ1v) is 8.43. The molecule has 2 rings (SSSR count). The maximum atomic E-state index is 12.0. The van der Waals surface area contributed by atoms with E-state index in [1.165, 1.54) is 0 Å². The number of anilines is 1. The Hall–Kier alpha value is -1.63. The maximum Gasteiger partial charge on any atom is 0.251 e. The van der Waals surface area contributed by atoms with Gasteiger partial charge in [-0.3, -0.25) is 4.79 Å². The maximum absolute atomic E-state index is 12.0. The summed E-state index contributed by atoms with van der Waals surface area (Å²) in [5.41, 5.74) is 2.74. The number of piperidine rings is 1. The Morgan fingerprint density at radius 3 is 2.54 bits per heavy atom. The van der Waals surface area contributed by atoms with E-state index in [0.717, 1.165) is 37.2 Å². The van der Waals surface area contributed by atoms with Crippen molar-refractivity contribution in [3.8, 4) is 0 Å². The second-order valence-electron chi connectivity index (χ2n) is 6.28. The molecule has 2 N–H and O–H groups in total. The standard InChI is InChI=1S/C18H29N3O3/c1-19-18(22)14-6-5-13(12-17(23-3)24-4)16(11-14)20-15-7-9-21(2)10-8-15/h5-6,11,15,17,20H,7-10,12H2,1-4H3,(H,19,22). The van der Waals surface area contributed by atoms with Gasteiger partial charge in [0.05, 0.1) is 0 Å². The highest BCUT2D eigenvalue weighted by atomic mass is 16.7. The summed E-state index contributed by atoms with van der Waals surface area (Å²) in [4.78, 5) is 14.3. The first-order valence-electron chi connectivity index (χ1n) is 8.43. The van der Waals surface area contributed by atoms with Crippen LogP contribution in [0.25, 0.3) is 0 Å². The summed E-state index contributed by atoms with van der Waals surface area (Å²) in [6, 6.07) is 6.17. The molecular formula is C18H29N3O3. The van der Waals surface area contributed by atoms with Crippen molar-refractivity contribution in [1.29, 1.82) is 0 Å². The second kappa shape index (κ2) is 9.01. The molecule has 0 bridgehead atoms. The summed E-state index contributed by atoms with van der Waals surface area (Å²) in [5.74, 6) is -0.0805. The van der Waals surface area contributed by atoms with Gasteiger partial charge in [-0.2, -0.15) is 0 Å². The van der Waals surface area contributed by atoms with Gasteiger partial charge in [0.15, 0.2) is 6.29 Å². The van der Waals surface area contributed by atoms with E-state index < -0.39 is 0 Å². The lowest BCUT2D eigenvalue weighted by molar-refractivity contribution is -0.100. The number of amides is 1. The fourth-order valence-electron chi connectivity index (χ4n) is 2.99. The minimum Gasteiger partial charge on any atom is -0.382 e. The summed E-state index contributed by atoms with van der Waals surface area (Å²) in [6.07, 6.45) is 2.53. The fraction of sp³-hybridized carbons (Fsp3) is 0.611. The quantitative estimate of drug-likeness (QED) is 0.743. The van der Waals surface area contributed by atoms with Crippen molar-refractivity contribution in [3.05, 3.63) is 29.3 Å². The topological polar surface area (TPSA) is 62.8 Å². The lowest BCUT2D eigenvalue weighted by Crippen LogP contribution is -2.37. The third-order valence-corrected chi connectivity index (χ3v) is 4.59. The molecule has 1 fully saturated rings. The van der Waals surface area contributed by atoms with Crippen molar-refractivity contribution in [1.82, 2.24) is 10.2 Å². The largest absolute Gasteiger partial charge is 0.382 e. The zero-order valence-corrected chi connectivity index (χ0v) is 15.1. The van der Waals surface area contributed by atoms with E-state index in [0.29, 0.717) is 18.0 Å². The molecule has 134 valence electrons.